The van der Waals surface area contributed by atoms with Crippen LogP contribution < -0.4 is 0 Å². The molecule has 0 bridgehead atoms. The molecule has 0 aliphatic carbocycles. The van der Waals surface area contributed by atoms with E-state index < -0.39 is 0 Å². The molecule has 72 valence electrons. The van der Waals surface area contributed by atoms with Crippen molar-refractivity contribution in [3.05, 3.63) is 35.6 Å². The predicted molar refractivity (Wildman–Crippen MR) is 52.0 cm³/mol. The molecule has 14 heavy (non-hydrogen) atoms. The van der Waals surface area contributed by atoms with Crippen molar-refractivity contribution in [2.24, 2.45) is 0 Å². The van der Waals surface area contributed by atoms with Gasteiger partial charge in [0.25, 0.3) is 5.91 Å². The third-order valence-electron chi connectivity index (χ3n) is 1.56. The molecule has 0 heterocycles. The summed E-state index contributed by atoms with van der Waals surface area (Å²) in [4.78, 5) is 12.4. The van der Waals surface area contributed by atoms with E-state index in [-0.39, 0.29) is 11.7 Å². The summed E-state index contributed by atoms with van der Waals surface area (Å²) in [5.41, 5.74) is 0.626. The lowest BCUT2D eigenvalue weighted by Gasteiger charge is -2.02. The monoisotopic (exact) mass is 191 g/mol. The Morgan fingerprint density at radius 2 is 1.86 bits per heavy atom. The van der Waals surface area contributed by atoms with Crippen LogP contribution in [-0.4, -0.2) is 24.9 Å². The first-order valence-electron chi connectivity index (χ1n) is 4.08. The van der Waals surface area contributed by atoms with Gasteiger partial charge in [0.05, 0.1) is 0 Å². The molecule has 0 saturated heterocycles. The Kier molecular flexibility index (Phi) is 3.24. The van der Waals surface area contributed by atoms with E-state index in [0.29, 0.717) is 5.56 Å². The molecule has 0 radical (unpaired) electrons. The molecule has 0 unspecified atom stereocenters. The second kappa shape index (κ2) is 4.43. The van der Waals surface area contributed by atoms with Gasteiger partial charge in [0.2, 0.25) is 0 Å². The molecule has 0 aliphatic heterocycles. The Balaban J connectivity index is 2.78. The molecule has 0 aliphatic rings. The third-order valence-corrected chi connectivity index (χ3v) is 1.56. The van der Waals surface area contributed by atoms with E-state index in [1.165, 1.54) is 29.2 Å². The minimum Gasteiger partial charge on any atom is -0.338 e. The zero-order valence-electron chi connectivity index (χ0n) is 8.04. The van der Waals surface area contributed by atoms with E-state index in [2.05, 4.69) is 11.8 Å². The van der Waals surface area contributed by atoms with E-state index in [9.17, 15) is 9.18 Å². The van der Waals surface area contributed by atoms with Crippen LogP contribution in [0.2, 0.25) is 0 Å². The van der Waals surface area contributed by atoms with Crippen molar-refractivity contribution in [2.75, 3.05) is 14.1 Å². The standard InChI is InChI=1S/C11H10FNO/c1-13(2)11(14)8-5-9-3-6-10(12)7-4-9/h3-4,6-7H,1-2H3. The number of hydrogen-bond acceptors (Lipinski definition) is 1. The molecule has 0 saturated carbocycles. The van der Waals surface area contributed by atoms with E-state index in [0.717, 1.165) is 0 Å². The highest BCUT2D eigenvalue weighted by Crippen LogP contribution is 2.00. The van der Waals surface area contributed by atoms with E-state index >= 15 is 0 Å². The lowest BCUT2D eigenvalue weighted by atomic mass is 10.2. The average molecular weight is 191 g/mol. The Bertz CT molecular complexity index is 384. The van der Waals surface area contributed by atoms with Crippen LogP contribution in [0.25, 0.3) is 0 Å². The van der Waals surface area contributed by atoms with E-state index in [1.807, 2.05) is 0 Å². The molecular weight excluding hydrogens is 181 g/mol. The topological polar surface area (TPSA) is 20.3 Å². The summed E-state index contributed by atoms with van der Waals surface area (Å²) in [5.74, 6) is 4.50. The maximum atomic E-state index is 12.5. The van der Waals surface area contributed by atoms with Crippen LogP contribution in [-0.2, 0) is 4.79 Å². The highest BCUT2D eigenvalue weighted by atomic mass is 19.1. The highest BCUT2D eigenvalue weighted by Gasteiger charge is 1.96. The zero-order valence-corrected chi connectivity index (χ0v) is 8.04. The minimum atomic E-state index is -0.311. The molecule has 0 N–H and O–H groups in total. The number of rotatable bonds is 0. The summed E-state index contributed by atoms with van der Waals surface area (Å²) in [6.07, 6.45) is 0. The summed E-state index contributed by atoms with van der Waals surface area (Å²) >= 11 is 0. The smallest absolute Gasteiger partial charge is 0.298 e. The van der Waals surface area contributed by atoms with Crippen molar-refractivity contribution in [1.29, 1.82) is 0 Å². The first-order valence-corrected chi connectivity index (χ1v) is 4.08. The normalized spacial score (nSPS) is 8.79. The van der Waals surface area contributed by atoms with Crippen LogP contribution in [0.4, 0.5) is 4.39 Å². The number of amides is 1. The van der Waals surface area contributed by atoms with Gasteiger partial charge in [-0.05, 0) is 24.3 Å². The van der Waals surface area contributed by atoms with Crippen molar-refractivity contribution in [2.45, 2.75) is 0 Å². The molecule has 1 aromatic carbocycles. The van der Waals surface area contributed by atoms with Crippen molar-refractivity contribution >= 4 is 5.91 Å². The molecule has 1 amide bonds. The fourth-order valence-corrected chi connectivity index (χ4v) is 0.771. The van der Waals surface area contributed by atoms with Gasteiger partial charge in [-0.3, -0.25) is 4.79 Å². The SMILES string of the molecule is CN(C)C(=O)C#Cc1ccc(F)cc1. The van der Waals surface area contributed by atoms with E-state index in [4.69, 9.17) is 0 Å². The Hall–Kier alpha value is -1.82. The van der Waals surface area contributed by atoms with Crippen molar-refractivity contribution < 1.29 is 9.18 Å². The summed E-state index contributed by atoms with van der Waals surface area (Å²) in [6.45, 7) is 0. The largest absolute Gasteiger partial charge is 0.338 e. The molecular formula is C11H10FNO. The molecule has 0 atom stereocenters. The minimum absolute atomic E-state index is 0.269. The fourth-order valence-electron chi connectivity index (χ4n) is 0.771. The maximum Gasteiger partial charge on any atom is 0.298 e. The zero-order chi connectivity index (χ0) is 10.6. The van der Waals surface area contributed by atoms with E-state index in [1.54, 1.807) is 14.1 Å². The Morgan fingerprint density at radius 1 is 1.29 bits per heavy atom. The van der Waals surface area contributed by atoms with Crippen molar-refractivity contribution in [3.8, 4) is 11.8 Å². The van der Waals surface area contributed by atoms with Gasteiger partial charge in [0.1, 0.15) is 5.82 Å². The molecule has 0 aromatic heterocycles. The number of carbonyl (C=O) groups excluding carboxylic acids is 1. The Morgan fingerprint density at radius 3 is 2.36 bits per heavy atom. The molecule has 0 fully saturated rings. The van der Waals surface area contributed by atoms with Crippen LogP contribution in [0.3, 0.4) is 0 Å². The molecule has 1 aromatic rings. The van der Waals surface area contributed by atoms with Gasteiger partial charge in [-0.15, -0.1) is 0 Å². The number of hydrogen-bond donors (Lipinski definition) is 0. The van der Waals surface area contributed by atoms with Crippen molar-refractivity contribution in [1.82, 2.24) is 4.90 Å². The first-order chi connectivity index (χ1) is 6.59. The summed E-state index contributed by atoms with van der Waals surface area (Å²) in [6, 6.07) is 5.69. The van der Waals surface area contributed by atoms with Gasteiger partial charge < -0.3 is 4.90 Å². The van der Waals surface area contributed by atoms with Gasteiger partial charge in [-0.25, -0.2) is 4.39 Å². The van der Waals surface area contributed by atoms with Crippen LogP contribution >= 0.6 is 0 Å². The van der Waals surface area contributed by atoms with Crippen molar-refractivity contribution in [3.63, 3.8) is 0 Å². The summed E-state index contributed by atoms with van der Waals surface area (Å²) < 4.78 is 12.5. The molecule has 2 nitrogen and oxygen atoms in total. The number of benzene rings is 1. The summed E-state index contributed by atoms with van der Waals surface area (Å²) in [7, 11) is 3.25. The van der Waals surface area contributed by atoms with Crippen LogP contribution in [0.5, 0.6) is 0 Å². The van der Waals surface area contributed by atoms with Gasteiger partial charge in [0, 0.05) is 25.6 Å². The average Bonchev–Trinajstić information content (AvgIpc) is 2.16. The van der Waals surface area contributed by atoms with Gasteiger partial charge in [-0.1, -0.05) is 5.92 Å². The highest BCUT2D eigenvalue weighted by molar-refractivity contribution is 5.93. The van der Waals surface area contributed by atoms with Gasteiger partial charge in [0.15, 0.2) is 0 Å². The molecule has 0 spiro atoms. The second-order valence-corrected chi connectivity index (χ2v) is 2.96. The number of halogens is 1. The number of carbonyl (C=O) groups is 1. The van der Waals surface area contributed by atoms with Crippen LogP contribution in [0.15, 0.2) is 24.3 Å². The maximum absolute atomic E-state index is 12.5. The predicted octanol–water partition coefficient (Wildman–Crippen LogP) is 1.27. The molecule has 3 heteroatoms. The van der Waals surface area contributed by atoms with Gasteiger partial charge >= 0.3 is 0 Å². The van der Waals surface area contributed by atoms with Crippen LogP contribution in [0.1, 0.15) is 5.56 Å². The Labute approximate surface area is 82.3 Å². The van der Waals surface area contributed by atoms with Gasteiger partial charge in [-0.2, -0.15) is 0 Å². The van der Waals surface area contributed by atoms with Crippen LogP contribution in [0, 0.1) is 17.7 Å². The molecule has 1 rings (SSSR count). The lowest BCUT2D eigenvalue weighted by molar-refractivity contribution is -0.122. The lowest BCUT2D eigenvalue weighted by Crippen LogP contribution is -2.19. The second-order valence-electron chi connectivity index (χ2n) is 2.96. The quantitative estimate of drug-likeness (QED) is 0.565. The first kappa shape index (κ1) is 10.3. The fraction of sp³-hybridized carbons (Fsp3) is 0.182. The third kappa shape index (κ3) is 2.91. The summed E-state index contributed by atoms with van der Waals surface area (Å²) in [5, 5.41) is 0. The number of nitrogens with zero attached hydrogens (tertiary/aromatic N) is 1.